The Labute approximate surface area is 282 Å². The molecule has 0 aliphatic heterocycles. The van der Waals surface area contributed by atoms with Gasteiger partial charge in [0.05, 0.1) is 10.6 Å². The van der Waals surface area contributed by atoms with Crippen LogP contribution in [-0.4, -0.2) is 43.8 Å². The second-order valence-electron chi connectivity index (χ2n) is 11.4. The highest BCUT2D eigenvalue weighted by Crippen LogP contribution is 2.28. The summed E-state index contributed by atoms with van der Waals surface area (Å²) >= 11 is 12.8. The van der Waals surface area contributed by atoms with Gasteiger partial charge in [-0.2, -0.15) is 0 Å². The number of sulfonamides is 1. The third-order valence-corrected chi connectivity index (χ3v) is 10.4. The van der Waals surface area contributed by atoms with Crippen molar-refractivity contribution in [1.29, 1.82) is 0 Å². The van der Waals surface area contributed by atoms with Crippen molar-refractivity contribution >= 4 is 50.7 Å². The highest BCUT2D eigenvalue weighted by molar-refractivity contribution is 7.92. The zero-order chi connectivity index (χ0) is 33.4. The van der Waals surface area contributed by atoms with Crippen molar-refractivity contribution in [2.75, 3.05) is 10.8 Å². The molecule has 46 heavy (non-hydrogen) atoms. The normalized spacial score (nSPS) is 12.7. The molecule has 0 unspecified atom stereocenters. The molecule has 0 aromatic heterocycles. The Balaban J connectivity index is 1.84. The molecule has 1 N–H and O–H groups in total. The quantitative estimate of drug-likeness (QED) is 0.160. The summed E-state index contributed by atoms with van der Waals surface area (Å²) in [5.74, 6) is -0.913. The Morgan fingerprint density at radius 3 is 2.11 bits per heavy atom. The van der Waals surface area contributed by atoms with Gasteiger partial charge in [0.2, 0.25) is 11.8 Å². The number of anilines is 1. The fourth-order valence-electron chi connectivity index (χ4n) is 4.96. The SMILES string of the molecule is CC[C@H](C)NC(=O)[C@@H](Cc1ccccc1)N(Cc1ccc(Cl)cc1Cl)C(=O)CN(c1ccc(C)c(C)c1)S(=O)(=O)c1ccccc1. The largest absolute Gasteiger partial charge is 0.352 e. The van der Waals surface area contributed by atoms with Crippen LogP contribution in [0.2, 0.25) is 10.0 Å². The number of hydrogen-bond donors (Lipinski definition) is 1. The average Bonchev–Trinajstić information content (AvgIpc) is 3.04. The fraction of sp³-hybridized carbons (Fsp3) is 0.278. The van der Waals surface area contributed by atoms with Gasteiger partial charge in [0.15, 0.2) is 0 Å². The lowest BCUT2D eigenvalue weighted by atomic mass is 10.0. The molecule has 0 aliphatic carbocycles. The summed E-state index contributed by atoms with van der Waals surface area (Å²) in [6.07, 6.45) is 0.895. The number of benzene rings is 4. The number of halogens is 2. The number of nitrogens with zero attached hydrogens (tertiary/aromatic N) is 2. The van der Waals surface area contributed by atoms with Gasteiger partial charge in [-0.15, -0.1) is 0 Å². The lowest BCUT2D eigenvalue weighted by molar-refractivity contribution is -0.140. The van der Waals surface area contributed by atoms with Gasteiger partial charge in [-0.05, 0) is 85.8 Å². The first-order valence-corrected chi connectivity index (χ1v) is 17.3. The summed E-state index contributed by atoms with van der Waals surface area (Å²) in [5.41, 5.74) is 3.61. The Hall–Kier alpha value is -3.85. The van der Waals surface area contributed by atoms with E-state index in [-0.39, 0.29) is 29.8 Å². The van der Waals surface area contributed by atoms with Crippen LogP contribution in [0.15, 0.2) is 102 Å². The number of nitrogens with one attached hydrogen (secondary N) is 1. The lowest BCUT2D eigenvalue weighted by Crippen LogP contribution is -2.54. The maximum absolute atomic E-state index is 14.6. The van der Waals surface area contributed by atoms with Crippen molar-refractivity contribution in [3.8, 4) is 0 Å². The van der Waals surface area contributed by atoms with Crippen molar-refractivity contribution in [3.63, 3.8) is 0 Å². The highest BCUT2D eigenvalue weighted by Gasteiger charge is 2.35. The third-order valence-electron chi connectivity index (χ3n) is 8.02. The predicted octanol–water partition coefficient (Wildman–Crippen LogP) is 7.36. The molecule has 0 radical (unpaired) electrons. The molecular formula is C36H39Cl2N3O4S. The number of aryl methyl sites for hydroxylation is 2. The molecule has 4 aromatic rings. The maximum Gasteiger partial charge on any atom is 0.264 e. The van der Waals surface area contributed by atoms with Gasteiger partial charge in [-0.3, -0.25) is 13.9 Å². The second-order valence-corrected chi connectivity index (χ2v) is 14.1. The van der Waals surface area contributed by atoms with E-state index >= 15 is 0 Å². The number of hydrogen-bond acceptors (Lipinski definition) is 4. The van der Waals surface area contributed by atoms with Gasteiger partial charge in [0, 0.05) is 29.1 Å². The lowest BCUT2D eigenvalue weighted by Gasteiger charge is -2.34. The summed E-state index contributed by atoms with van der Waals surface area (Å²) < 4.78 is 29.4. The van der Waals surface area contributed by atoms with Crippen molar-refractivity contribution in [1.82, 2.24) is 10.2 Å². The topological polar surface area (TPSA) is 86.8 Å². The van der Waals surface area contributed by atoms with Crippen LogP contribution in [0.4, 0.5) is 5.69 Å². The molecule has 242 valence electrons. The van der Waals surface area contributed by atoms with Crippen molar-refractivity contribution in [2.45, 2.75) is 64.1 Å². The summed E-state index contributed by atoms with van der Waals surface area (Å²) in [4.78, 5) is 30.0. The third kappa shape index (κ3) is 8.69. The molecule has 4 rings (SSSR count). The monoisotopic (exact) mass is 679 g/mol. The standard InChI is InChI=1S/C36H39Cl2N3O4S/c1-5-27(4)39-36(43)34(21-28-12-8-6-9-13-28)40(23-29-17-18-30(37)22-33(29)38)35(42)24-41(31-19-16-25(2)26(3)20-31)46(44,45)32-14-10-7-11-15-32/h6-20,22,27,34H,5,21,23-24H2,1-4H3,(H,39,43)/t27-,34+/m0/s1. The van der Waals surface area contributed by atoms with Gasteiger partial charge in [0.25, 0.3) is 10.0 Å². The first-order valence-electron chi connectivity index (χ1n) is 15.1. The molecule has 2 amide bonds. The van der Waals surface area contributed by atoms with E-state index in [2.05, 4.69) is 5.32 Å². The zero-order valence-electron chi connectivity index (χ0n) is 26.4. The smallest absolute Gasteiger partial charge is 0.264 e. The summed E-state index contributed by atoms with van der Waals surface area (Å²) in [7, 11) is -4.18. The van der Waals surface area contributed by atoms with E-state index in [1.165, 1.54) is 17.0 Å². The molecule has 0 saturated heterocycles. The molecular weight excluding hydrogens is 641 g/mol. The molecule has 4 aromatic carbocycles. The first kappa shape index (κ1) is 35.0. The minimum absolute atomic E-state index is 0.0451. The number of rotatable bonds is 13. The molecule has 0 saturated carbocycles. The predicted molar refractivity (Wildman–Crippen MR) is 186 cm³/mol. The van der Waals surface area contributed by atoms with E-state index < -0.39 is 28.5 Å². The van der Waals surface area contributed by atoms with Crippen LogP contribution in [0, 0.1) is 13.8 Å². The van der Waals surface area contributed by atoms with Gasteiger partial charge >= 0.3 is 0 Å². The van der Waals surface area contributed by atoms with Crippen LogP contribution >= 0.6 is 23.2 Å². The van der Waals surface area contributed by atoms with Gasteiger partial charge < -0.3 is 10.2 Å². The first-order chi connectivity index (χ1) is 21.9. The van der Waals surface area contributed by atoms with Crippen molar-refractivity contribution in [3.05, 3.63) is 129 Å². The zero-order valence-corrected chi connectivity index (χ0v) is 28.7. The van der Waals surface area contributed by atoms with E-state index in [9.17, 15) is 18.0 Å². The Bertz CT molecular complexity index is 1770. The fourth-order valence-corrected chi connectivity index (χ4v) is 6.85. The summed E-state index contributed by atoms with van der Waals surface area (Å²) in [6.45, 7) is 7.08. The second kappa shape index (κ2) is 15.6. The van der Waals surface area contributed by atoms with E-state index in [0.717, 1.165) is 21.0 Å². The van der Waals surface area contributed by atoms with Gasteiger partial charge in [-0.1, -0.05) is 90.8 Å². The number of carbonyl (C=O) groups excluding carboxylic acids is 2. The minimum atomic E-state index is -4.18. The maximum atomic E-state index is 14.6. The van der Waals surface area contributed by atoms with E-state index in [0.29, 0.717) is 27.7 Å². The van der Waals surface area contributed by atoms with Crippen molar-refractivity contribution < 1.29 is 18.0 Å². The molecule has 0 bridgehead atoms. The molecule has 10 heteroatoms. The highest BCUT2D eigenvalue weighted by atomic mass is 35.5. The van der Waals surface area contributed by atoms with E-state index in [1.807, 2.05) is 64.1 Å². The Morgan fingerprint density at radius 1 is 0.848 bits per heavy atom. The molecule has 0 spiro atoms. The van der Waals surface area contributed by atoms with Crippen LogP contribution in [0.25, 0.3) is 0 Å². The summed E-state index contributed by atoms with van der Waals surface area (Å²) in [5, 5.41) is 3.79. The number of amides is 2. The minimum Gasteiger partial charge on any atom is -0.352 e. The van der Waals surface area contributed by atoms with Crippen LogP contribution in [0.5, 0.6) is 0 Å². The van der Waals surface area contributed by atoms with Crippen LogP contribution in [0.3, 0.4) is 0 Å². The number of carbonyl (C=O) groups is 2. The summed E-state index contributed by atoms with van der Waals surface area (Å²) in [6, 6.07) is 26.5. The molecule has 0 heterocycles. The molecule has 0 fully saturated rings. The van der Waals surface area contributed by atoms with Gasteiger partial charge in [0.1, 0.15) is 12.6 Å². The van der Waals surface area contributed by atoms with Crippen LogP contribution in [-0.2, 0) is 32.6 Å². The Morgan fingerprint density at radius 2 is 1.50 bits per heavy atom. The molecule has 0 aliphatic rings. The Kier molecular flexibility index (Phi) is 11.9. The molecule has 2 atom stereocenters. The molecule has 7 nitrogen and oxygen atoms in total. The average molecular weight is 681 g/mol. The van der Waals surface area contributed by atoms with Crippen LogP contribution in [0.1, 0.15) is 42.5 Å². The van der Waals surface area contributed by atoms with E-state index in [4.69, 9.17) is 23.2 Å². The van der Waals surface area contributed by atoms with E-state index in [1.54, 1.807) is 48.5 Å². The van der Waals surface area contributed by atoms with Gasteiger partial charge in [-0.25, -0.2) is 8.42 Å². The van der Waals surface area contributed by atoms with Crippen LogP contribution < -0.4 is 9.62 Å². The van der Waals surface area contributed by atoms with Crippen molar-refractivity contribution in [2.24, 2.45) is 0 Å².